The fraction of sp³-hybridized carbons (Fsp3) is 0.250. The van der Waals surface area contributed by atoms with E-state index in [1.807, 2.05) is 44.2 Å². The molecule has 4 nitrogen and oxygen atoms in total. The van der Waals surface area contributed by atoms with Crippen molar-refractivity contribution in [1.82, 2.24) is 9.88 Å². The van der Waals surface area contributed by atoms with Crippen molar-refractivity contribution in [3.8, 4) is 0 Å². The van der Waals surface area contributed by atoms with E-state index in [9.17, 15) is 4.79 Å². The minimum atomic E-state index is -0.0521. The third-order valence-corrected chi connectivity index (χ3v) is 3.04. The number of nitrogens with two attached hydrogens (primary N) is 1. The second kappa shape index (κ2) is 5.74. The maximum atomic E-state index is 12.4. The molecule has 0 saturated heterocycles. The van der Waals surface area contributed by atoms with Crippen molar-refractivity contribution >= 4 is 11.6 Å². The van der Waals surface area contributed by atoms with Crippen molar-refractivity contribution in [3.05, 3.63) is 58.9 Å². The molecule has 0 spiro atoms. The summed E-state index contributed by atoms with van der Waals surface area (Å²) in [5, 5.41) is 0. The van der Waals surface area contributed by atoms with Crippen LogP contribution in [0.15, 0.2) is 36.4 Å². The summed E-state index contributed by atoms with van der Waals surface area (Å²) in [7, 11) is 1.77. The molecule has 0 aliphatic rings. The Kier molecular flexibility index (Phi) is 4.03. The zero-order chi connectivity index (χ0) is 14.7. The lowest BCUT2D eigenvalue weighted by Crippen LogP contribution is -2.26. The van der Waals surface area contributed by atoms with Gasteiger partial charge in [-0.25, -0.2) is 0 Å². The lowest BCUT2D eigenvalue weighted by Gasteiger charge is -2.17. The van der Waals surface area contributed by atoms with Crippen LogP contribution in [0.2, 0.25) is 0 Å². The van der Waals surface area contributed by atoms with Gasteiger partial charge in [0.2, 0.25) is 0 Å². The van der Waals surface area contributed by atoms with Gasteiger partial charge in [-0.05, 0) is 49.7 Å². The van der Waals surface area contributed by atoms with E-state index in [1.54, 1.807) is 18.0 Å². The number of hydrogen-bond donors (Lipinski definition) is 1. The number of aryl methyl sites for hydroxylation is 2. The first kappa shape index (κ1) is 14.1. The molecule has 1 aromatic carbocycles. The van der Waals surface area contributed by atoms with Gasteiger partial charge in [0.15, 0.2) is 0 Å². The molecule has 2 aromatic rings. The lowest BCUT2D eigenvalue weighted by molar-refractivity contribution is 0.0783. The Hall–Kier alpha value is -2.36. The van der Waals surface area contributed by atoms with Crippen LogP contribution in [0.5, 0.6) is 0 Å². The van der Waals surface area contributed by atoms with Gasteiger partial charge in [-0.3, -0.25) is 9.78 Å². The Labute approximate surface area is 119 Å². The standard InChI is InChI=1S/C16H19N3O/c1-11-7-13(9-14(17)8-11)16(20)19(3)10-15-6-4-5-12(2)18-15/h4-9H,10,17H2,1-3H3. The van der Waals surface area contributed by atoms with E-state index in [4.69, 9.17) is 5.73 Å². The molecule has 0 bridgehead atoms. The second-order valence-electron chi connectivity index (χ2n) is 5.06. The van der Waals surface area contributed by atoms with Crippen molar-refractivity contribution < 1.29 is 4.79 Å². The molecule has 2 rings (SSSR count). The molecule has 1 amide bonds. The summed E-state index contributed by atoms with van der Waals surface area (Å²) in [5.41, 5.74) is 9.81. The van der Waals surface area contributed by atoms with E-state index >= 15 is 0 Å². The summed E-state index contributed by atoms with van der Waals surface area (Å²) >= 11 is 0. The number of nitrogens with zero attached hydrogens (tertiary/aromatic N) is 2. The molecule has 0 fully saturated rings. The number of pyridine rings is 1. The van der Waals surface area contributed by atoms with Crippen LogP contribution < -0.4 is 5.73 Å². The number of carbonyl (C=O) groups is 1. The van der Waals surface area contributed by atoms with Crippen molar-refractivity contribution in [1.29, 1.82) is 0 Å². The highest BCUT2D eigenvalue weighted by Gasteiger charge is 2.13. The van der Waals surface area contributed by atoms with E-state index < -0.39 is 0 Å². The Morgan fingerprint density at radius 2 is 2.00 bits per heavy atom. The molecule has 0 radical (unpaired) electrons. The van der Waals surface area contributed by atoms with Crippen LogP contribution in [0.1, 0.15) is 27.3 Å². The zero-order valence-corrected chi connectivity index (χ0v) is 12.1. The van der Waals surface area contributed by atoms with E-state index in [2.05, 4.69) is 4.98 Å². The van der Waals surface area contributed by atoms with Gasteiger partial charge >= 0.3 is 0 Å². The molecular weight excluding hydrogens is 250 g/mol. The second-order valence-corrected chi connectivity index (χ2v) is 5.06. The van der Waals surface area contributed by atoms with Gasteiger partial charge < -0.3 is 10.6 Å². The molecule has 0 aliphatic carbocycles. The highest BCUT2D eigenvalue weighted by molar-refractivity contribution is 5.95. The lowest BCUT2D eigenvalue weighted by atomic mass is 10.1. The Morgan fingerprint density at radius 1 is 1.25 bits per heavy atom. The van der Waals surface area contributed by atoms with Crippen LogP contribution in [-0.4, -0.2) is 22.8 Å². The Morgan fingerprint density at radius 3 is 2.65 bits per heavy atom. The average molecular weight is 269 g/mol. The number of anilines is 1. The molecule has 1 aromatic heterocycles. The van der Waals surface area contributed by atoms with Crippen LogP contribution >= 0.6 is 0 Å². The van der Waals surface area contributed by atoms with E-state index in [1.165, 1.54) is 0 Å². The monoisotopic (exact) mass is 269 g/mol. The van der Waals surface area contributed by atoms with E-state index in [0.717, 1.165) is 17.0 Å². The van der Waals surface area contributed by atoms with Crippen LogP contribution in [-0.2, 0) is 6.54 Å². The molecule has 1 heterocycles. The van der Waals surface area contributed by atoms with Gasteiger partial charge in [-0.1, -0.05) is 6.07 Å². The molecule has 0 aliphatic heterocycles. The minimum absolute atomic E-state index is 0.0521. The third-order valence-electron chi connectivity index (χ3n) is 3.04. The predicted molar refractivity (Wildman–Crippen MR) is 80.4 cm³/mol. The van der Waals surface area contributed by atoms with Gasteiger partial charge in [0, 0.05) is 24.0 Å². The van der Waals surface area contributed by atoms with Crippen molar-refractivity contribution in [2.75, 3.05) is 12.8 Å². The number of hydrogen-bond acceptors (Lipinski definition) is 3. The van der Waals surface area contributed by atoms with E-state index in [-0.39, 0.29) is 5.91 Å². The fourth-order valence-corrected chi connectivity index (χ4v) is 2.16. The Balaban J connectivity index is 2.16. The number of carbonyl (C=O) groups excluding carboxylic acids is 1. The smallest absolute Gasteiger partial charge is 0.254 e. The summed E-state index contributed by atoms with van der Waals surface area (Å²) < 4.78 is 0. The molecule has 2 N–H and O–H groups in total. The van der Waals surface area contributed by atoms with Crippen molar-refractivity contribution in [2.24, 2.45) is 0 Å². The fourth-order valence-electron chi connectivity index (χ4n) is 2.16. The average Bonchev–Trinajstić information content (AvgIpc) is 2.36. The van der Waals surface area contributed by atoms with Crippen LogP contribution in [0.4, 0.5) is 5.69 Å². The van der Waals surface area contributed by atoms with Gasteiger partial charge in [0.05, 0.1) is 12.2 Å². The number of nitrogen functional groups attached to an aromatic ring is 1. The van der Waals surface area contributed by atoms with Gasteiger partial charge in [-0.2, -0.15) is 0 Å². The number of aromatic nitrogens is 1. The van der Waals surface area contributed by atoms with Crippen LogP contribution in [0, 0.1) is 13.8 Å². The molecule has 20 heavy (non-hydrogen) atoms. The van der Waals surface area contributed by atoms with Gasteiger partial charge in [-0.15, -0.1) is 0 Å². The van der Waals surface area contributed by atoms with Crippen LogP contribution in [0.3, 0.4) is 0 Å². The van der Waals surface area contributed by atoms with Gasteiger partial charge in [0.1, 0.15) is 0 Å². The minimum Gasteiger partial charge on any atom is -0.399 e. The number of rotatable bonds is 3. The molecular formula is C16H19N3O. The summed E-state index contributed by atoms with van der Waals surface area (Å²) in [6.45, 7) is 4.34. The first-order valence-electron chi connectivity index (χ1n) is 6.51. The van der Waals surface area contributed by atoms with Crippen molar-refractivity contribution in [3.63, 3.8) is 0 Å². The Bertz CT molecular complexity index is 617. The molecule has 104 valence electrons. The van der Waals surface area contributed by atoms with Crippen LogP contribution in [0.25, 0.3) is 0 Å². The molecule has 4 heteroatoms. The maximum absolute atomic E-state index is 12.4. The number of amides is 1. The number of benzene rings is 1. The first-order valence-corrected chi connectivity index (χ1v) is 6.51. The first-order chi connectivity index (χ1) is 9.45. The maximum Gasteiger partial charge on any atom is 0.254 e. The van der Waals surface area contributed by atoms with Crippen molar-refractivity contribution in [2.45, 2.75) is 20.4 Å². The zero-order valence-electron chi connectivity index (χ0n) is 12.1. The topological polar surface area (TPSA) is 59.2 Å². The molecule has 0 atom stereocenters. The molecule has 0 unspecified atom stereocenters. The third kappa shape index (κ3) is 3.35. The summed E-state index contributed by atoms with van der Waals surface area (Å²) in [6, 6.07) is 11.2. The quantitative estimate of drug-likeness (QED) is 0.871. The van der Waals surface area contributed by atoms with E-state index in [0.29, 0.717) is 17.8 Å². The highest BCUT2D eigenvalue weighted by atomic mass is 16.2. The SMILES string of the molecule is Cc1cc(N)cc(C(=O)N(C)Cc2cccc(C)n2)c1. The summed E-state index contributed by atoms with van der Waals surface area (Å²) in [4.78, 5) is 18.4. The highest BCUT2D eigenvalue weighted by Crippen LogP contribution is 2.14. The summed E-state index contributed by atoms with van der Waals surface area (Å²) in [6.07, 6.45) is 0. The summed E-state index contributed by atoms with van der Waals surface area (Å²) in [5.74, 6) is -0.0521. The van der Waals surface area contributed by atoms with Gasteiger partial charge in [0.25, 0.3) is 5.91 Å². The molecule has 0 saturated carbocycles. The predicted octanol–water partition coefficient (Wildman–Crippen LogP) is 2.55. The largest absolute Gasteiger partial charge is 0.399 e. The normalized spacial score (nSPS) is 10.3.